The van der Waals surface area contributed by atoms with Crippen LogP contribution in [0.2, 0.25) is 0 Å². The molecule has 5 heteroatoms. The van der Waals surface area contributed by atoms with Gasteiger partial charge in [0.05, 0.1) is 0 Å². The number of nitrogens with one attached hydrogen (secondary N) is 1. The standard InChI is InChI=1S/C12H14N2O3/c1-8-4-2-5-9(13-8)10(15)14-12(11(16)17)6-3-7-12/h2,4-5H,3,6-7H2,1H3,(H,14,15)(H,16,17). The second kappa shape index (κ2) is 4.16. The van der Waals surface area contributed by atoms with Crippen molar-refractivity contribution in [3.63, 3.8) is 0 Å². The maximum Gasteiger partial charge on any atom is 0.329 e. The van der Waals surface area contributed by atoms with E-state index >= 15 is 0 Å². The number of amides is 1. The van der Waals surface area contributed by atoms with E-state index in [-0.39, 0.29) is 5.69 Å². The summed E-state index contributed by atoms with van der Waals surface area (Å²) in [7, 11) is 0. The summed E-state index contributed by atoms with van der Waals surface area (Å²) in [5, 5.41) is 11.7. The van der Waals surface area contributed by atoms with Gasteiger partial charge in [-0.15, -0.1) is 0 Å². The van der Waals surface area contributed by atoms with Gasteiger partial charge in [-0.1, -0.05) is 6.07 Å². The average Bonchev–Trinajstić information content (AvgIpc) is 2.22. The van der Waals surface area contributed by atoms with E-state index in [4.69, 9.17) is 5.11 Å². The summed E-state index contributed by atoms with van der Waals surface area (Å²) in [6.45, 7) is 1.78. The van der Waals surface area contributed by atoms with E-state index in [2.05, 4.69) is 10.3 Å². The van der Waals surface area contributed by atoms with Crippen molar-refractivity contribution < 1.29 is 14.7 Å². The van der Waals surface area contributed by atoms with Gasteiger partial charge in [0.1, 0.15) is 11.2 Å². The highest BCUT2D eigenvalue weighted by Gasteiger charge is 2.45. The molecular weight excluding hydrogens is 220 g/mol. The minimum atomic E-state index is -1.08. The molecule has 2 rings (SSSR count). The number of nitrogens with zero attached hydrogens (tertiary/aromatic N) is 1. The Bertz CT molecular complexity index is 467. The van der Waals surface area contributed by atoms with E-state index in [0.29, 0.717) is 12.8 Å². The van der Waals surface area contributed by atoms with Crippen LogP contribution in [-0.2, 0) is 4.79 Å². The van der Waals surface area contributed by atoms with Crippen LogP contribution >= 0.6 is 0 Å². The number of aliphatic carboxylic acids is 1. The van der Waals surface area contributed by atoms with Crippen LogP contribution in [0.4, 0.5) is 0 Å². The number of carbonyl (C=O) groups excluding carboxylic acids is 1. The Morgan fingerprint density at radius 2 is 2.12 bits per heavy atom. The molecule has 17 heavy (non-hydrogen) atoms. The number of carbonyl (C=O) groups is 2. The Morgan fingerprint density at radius 3 is 2.59 bits per heavy atom. The highest BCUT2D eigenvalue weighted by Crippen LogP contribution is 2.32. The zero-order valence-electron chi connectivity index (χ0n) is 9.56. The molecule has 1 heterocycles. The van der Waals surface area contributed by atoms with Crippen molar-refractivity contribution in [3.05, 3.63) is 29.6 Å². The molecule has 1 fully saturated rings. The number of hydrogen-bond donors (Lipinski definition) is 2. The third-order valence-corrected chi connectivity index (χ3v) is 3.09. The van der Waals surface area contributed by atoms with Gasteiger partial charge in [0.15, 0.2) is 0 Å². The smallest absolute Gasteiger partial charge is 0.329 e. The van der Waals surface area contributed by atoms with Crippen molar-refractivity contribution in [3.8, 4) is 0 Å². The zero-order valence-corrected chi connectivity index (χ0v) is 9.56. The van der Waals surface area contributed by atoms with Gasteiger partial charge in [0.2, 0.25) is 0 Å². The summed E-state index contributed by atoms with van der Waals surface area (Å²) in [5.41, 5.74) is -0.0872. The normalized spacial score (nSPS) is 17.0. The Morgan fingerprint density at radius 1 is 1.41 bits per heavy atom. The molecule has 90 valence electrons. The van der Waals surface area contributed by atoms with Gasteiger partial charge in [0.25, 0.3) is 5.91 Å². The third-order valence-electron chi connectivity index (χ3n) is 3.09. The van der Waals surface area contributed by atoms with Crippen LogP contribution in [-0.4, -0.2) is 27.5 Å². The lowest BCUT2D eigenvalue weighted by molar-refractivity contribution is -0.148. The molecule has 0 aliphatic heterocycles. The van der Waals surface area contributed by atoms with Gasteiger partial charge in [-0.3, -0.25) is 4.79 Å². The molecule has 0 unspecified atom stereocenters. The molecule has 5 nitrogen and oxygen atoms in total. The van der Waals surface area contributed by atoms with Gasteiger partial charge < -0.3 is 10.4 Å². The summed E-state index contributed by atoms with van der Waals surface area (Å²) in [4.78, 5) is 27.0. The number of aryl methyl sites for hydroxylation is 1. The first kappa shape index (κ1) is 11.6. The third kappa shape index (κ3) is 2.13. The van der Waals surface area contributed by atoms with Crippen LogP contribution in [0.1, 0.15) is 35.4 Å². The molecule has 0 spiro atoms. The van der Waals surface area contributed by atoms with E-state index in [1.807, 2.05) is 0 Å². The predicted molar refractivity (Wildman–Crippen MR) is 60.7 cm³/mol. The van der Waals surface area contributed by atoms with E-state index in [1.54, 1.807) is 25.1 Å². The monoisotopic (exact) mass is 234 g/mol. The van der Waals surface area contributed by atoms with Crippen LogP contribution in [0.3, 0.4) is 0 Å². The lowest BCUT2D eigenvalue weighted by Gasteiger charge is -2.38. The number of pyridine rings is 1. The Labute approximate surface area is 98.9 Å². The number of carboxylic acids is 1. The summed E-state index contributed by atoms with van der Waals surface area (Å²) >= 11 is 0. The zero-order chi connectivity index (χ0) is 12.5. The number of carboxylic acid groups (broad SMARTS) is 1. The first-order chi connectivity index (χ1) is 8.03. The molecule has 1 aliphatic carbocycles. The fourth-order valence-corrected chi connectivity index (χ4v) is 1.87. The molecular formula is C12H14N2O3. The summed E-state index contributed by atoms with van der Waals surface area (Å²) < 4.78 is 0. The van der Waals surface area contributed by atoms with Crippen LogP contribution in [0, 0.1) is 6.92 Å². The largest absolute Gasteiger partial charge is 0.480 e. The molecule has 0 saturated heterocycles. The van der Waals surface area contributed by atoms with E-state index < -0.39 is 17.4 Å². The van der Waals surface area contributed by atoms with Crippen molar-refractivity contribution in [1.82, 2.24) is 10.3 Å². The van der Waals surface area contributed by atoms with Crippen molar-refractivity contribution in [1.29, 1.82) is 0 Å². The van der Waals surface area contributed by atoms with Gasteiger partial charge in [0, 0.05) is 5.69 Å². The van der Waals surface area contributed by atoms with Crippen molar-refractivity contribution >= 4 is 11.9 Å². The fraction of sp³-hybridized carbons (Fsp3) is 0.417. The molecule has 1 amide bonds. The lowest BCUT2D eigenvalue weighted by Crippen LogP contribution is -2.59. The van der Waals surface area contributed by atoms with Gasteiger partial charge in [-0.05, 0) is 38.3 Å². The predicted octanol–water partition coefficient (Wildman–Crippen LogP) is 1.13. The molecule has 0 radical (unpaired) electrons. The van der Waals surface area contributed by atoms with Gasteiger partial charge in [-0.2, -0.15) is 0 Å². The molecule has 0 aromatic carbocycles. The minimum absolute atomic E-state index is 0.262. The summed E-state index contributed by atoms with van der Waals surface area (Å²) in [6, 6.07) is 5.09. The van der Waals surface area contributed by atoms with Crippen LogP contribution in [0.15, 0.2) is 18.2 Å². The van der Waals surface area contributed by atoms with Crippen LogP contribution in [0.5, 0.6) is 0 Å². The second-order valence-electron chi connectivity index (χ2n) is 4.36. The SMILES string of the molecule is Cc1cccc(C(=O)NC2(C(=O)O)CCC2)n1. The minimum Gasteiger partial charge on any atom is -0.480 e. The lowest BCUT2D eigenvalue weighted by atomic mass is 9.76. The molecule has 1 aromatic rings. The highest BCUT2D eigenvalue weighted by molar-refractivity contribution is 5.96. The number of rotatable bonds is 3. The summed E-state index contributed by atoms with van der Waals surface area (Å²) in [5.74, 6) is -1.39. The van der Waals surface area contributed by atoms with E-state index in [9.17, 15) is 9.59 Å². The molecule has 0 atom stereocenters. The topological polar surface area (TPSA) is 79.3 Å². The maximum atomic E-state index is 11.9. The first-order valence-electron chi connectivity index (χ1n) is 5.53. The van der Waals surface area contributed by atoms with E-state index in [0.717, 1.165) is 12.1 Å². The maximum absolute atomic E-state index is 11.9. The molecule has 0 bridgehead atoms. The number of hydrogen-bond acceptors (Lipinski definition) is 3. The molecule has 1 saturated carbocycles. The van der Waals surface area contributed by atoms with Crippen LogP contribution in [0.25, 0.3) is 0 Å². The fourth-order valence-electron chi connectivity index (χ4n) is 1.87. The Kier molecular flexibility index (Phi) is 2.83. The Balaban J connectivity index is 2.14. The number of aromatic nitrogens is 1. The van der Waals surface area contributed by atoms with Gasteiger partial charge in [-0.25, -0.2) is 9.78 Å². The first-order valence-corrected chi connectivity index (χ1v) is 5.53. The summed E-state index contributed by atoms with van der Waals surface area (Å²) in [6.07, 6.45) is 1.80. The highest BCUT2D eigenvalue weighted by atomic mass is 16.4. The molecule has 2 N–H and O–H groups in total. The molecule has 1 aliphatic rings. The second-order valence-corrected chi connectivity index (χ2v) is 4.36. The quantitative estimate of drug-likeness (QED) is 0.821. The van der Waals surface area contributed by atoms with E-state index in [1.165, 1.54) is 0 Å². The molecule has 1 aromatic heterocycles. The van der Waals surface area contributed by atoms with Gasteiger partial charge >= 0.3 is 5.97 Å². The van der Waals surface area contributed by atoms with Crippen molar-refractivity contribution in [2.75, 3.05) is 0 Å². The van der Waals surface area contributed by atoms with Crippen LogP contribution < -0.4 is 5.32 Å². The Hall–Kier alpha value is -1.91. The average molecular weight is 234 g/mol. The van der Waals surface area contributed by atoms with Crippen molar-refractivity contribution in [2.24, 2.45) is 0 Å². The van der Waals surface area contributed by atoms with Crippen molar-refractivity contribution in [2.45, 2.75) is 31.7 Å².